The maximum atomic E-state index is 7.97. The van der Waals surface area contributed by atoms with Crippen LogP contribution in [0.15, 0.2) is 97.2 Å². The minimum Gasteiger partial charge on any atom is -0.347 e. The Labute approximate surface area is 273 Å². The van der Waals surface area contributed by atoms with E-state index in [1.54, 1.807) is 18.3 Å². The summed E-state index contributed by atoms with van der Waals surface area (Å²) in [4.78, 5) is 9.40. The smallest absolute Gasteiger partial charge is 0.347 e. The Morgan fingerprint density at radius 3 is 2.30 bits per heavy atom. The monoisotopic (exact) mass is 746 g/mol. The van der Waals surface area contributed by atoms with E-state index in [0.29, 0.717) is 5.82 Å². The summed E-state index contributed by atoms with van der Waals surface area (Å²) in [6.45, 7) is 9.68. The Balaban J connectivity index is 0.00000372. The van der Waals surface area contributed by atoms with Gasteiger partial charge in [-0.1, -0.05) is 55.4 Å². The van der Waals surface area contributed by atoms with Crippen molar-refractivity contribution in [3.8, 4) is 5.82 Å². The molecule has 0 bridgehead atoms. The first-order valence-corrected chi connectivity index (χ1v) is 14.4. The number of anilines is 3. The van der Waals surface area contributed by atoms with Crippen molar-refractivity contribution < 1.29 is 25.2 Å². The zero-order valence-corrected chi connectivity index (χ0v) is 27.3. The first-order chi connectivity index (χ1) is 21.3. The molecule has 3 heterocycles. The van der Waals surface area contributed by atoms with Crippen LogP contribution in [-0.2, 0) is 26.5 Å². The summed E-state index contributed by atoms with van der Waals surface area (Å²) in [6.07, 6.45) is 1.57. The van der Waals surface area contributed by atoms with E-state index in [9.17, 15) is 0 Å². The van der Waals surface area contributed by atoms with Gasteiger partial charge in [-0.15, -0.1) is 11.5 Å². The summed E-state index contributed by atoms with van der Waals surface area (Å²) >= 11 is 0. The molecule has 0 spiro atoms. The molecule has 6 aromatic rings. The van der Waals surface area contributed by atoms with E-state index in [-0.39, 0.29) is 32.2 Å². The summed E-state index contributed by atoms with van der Waals surface area (Å²) in [6, 6.07) is 38.2. The van der Waals surface area contributed by atoms with E-state index < -0.39 is 12.3 Å². The third-order valence-electron chi connectivity index (χ3n) is 8.53. The maximum Gasteiger partial charge on any atom is 2.00 e. The Hall–Kier alpha value is -3.88. The zero-order chi connectivity index (χ0) is 31.7. The van der Waals surface area contributed by atoms with Gasteiger partial charge in [0.25, 0.3) is 0 Å². The van der Waals surface area contributed by atoms with Crippen LogP contribution >= 0.6 is 0 Å². The SMILES string of the molecule is [2H]C([2H])([2H])c1ccnc(-n2c3[c-]c(C(C)(C)c4[c-]c(N5CN(C(C)(C)C)c6ccccc65)ccc4)ccc3c3ccccc32)c1.[Pt+2]. The summed E-state index contributed by atoms with van der Waals surface area (Å²) in [5.74, 6) is 0.561. The van der Waals surface area contributed by atoms with Gasteiger partial charge in [0.1, 0.15) is 5.82 Å². The van der Waals surface area contributed by atoms with E-state index in [0.717, 1.165) is 45.3 Å². The van der Waals surface area contributed by atoms with Crippen LogP contribution in [0.1, 0.15) is 55.4 Å². The summed E-state index contributed by atoms with van der Waals surface area (Å²) in [5, 5.41) is 2.11. The molecule has 0 saturated heterocycles. The third kappa shape index (κ3) is 4.86. The van der Waals surface area contributed by atoms with Gasteiger partial charge in [-0.05, 0) is 74.3 Å². The molecule has 7 rings (SSSR count). The van der Waals surface area contributed by atoms with Gasteiger partial charge < -0.3 is 14.4 Å². The van der Waals surface area contributed by atoms with Gasteiger partial charge in [-0.2, -0.15) is 47.5 Å². The molecule has 218 valence electrons. The van der Waals surface area contributed by atoms with Gasteiger partial charge in [0.2, 0.25) is 0 Å². The number of pyridine rings is 1. The fraction of sp³-hybridized carbons (Fsp3) is 0.237. The number of nitrogens with zero attached hydrogens (tertiary/aromatic N) is 4. The predicted molar refractivity (Wildman–Crippen MR) is 175 cm³/mol. The summed E-state index contributed by atoms with van der Waals surface area (Å²) < 4.78 is 25.9. The molecule has 4 aromatic carbocycles. The molecule has 1 aliphatic heterocycles. The van der Waals surface area contributed by atoms with Crippen molar-refractivity contribution in [2.45, 2.75) is 52.4 Å². The molecule has 5 heteroatoms. The second-order valence-corrected chi connectivity index (χ2v) is 12.6. The molecule has 0 unspecified atom stereocenters. The van der Waals surface area contributed by atoms with Gasteiger partial charge in [0.05, 0.1) is 18.0 Å². The zero-order valence-electron chi connectivity index (χ0n) is 28.0. The summed E-state index contributed by atoms with van der Waals surface area (Å²) in [7, 11) is 0. The minimum absolute atomic E-state index is 0. The number of para-hydroxylation sites is 3. The number of hydrogen-bond donors (Lipinski definition) is 0. The van der Waals surface area contributed by atoms with Crippen molar-refractivity contribution in [2.24, 2.45) is 0 Å². The number of aromatic nitrogens is 2. The number of rotatable bonds is 4. The van der Waals surface area contributed by atoms with Crippen molar-refractivity contribution >= 4 is 38.9 Å². The maximum absolute atomic E-state index is 7.97. The van der Waals surface area contributed by atoms with Crippen molar-refractivity contribution in [1.82, 2.24) is 9.55 Å². The number of aryl methyl sites for hydroxylation is 1. The largest absolute Gasteiger partial charge is 2.00 e. The normalized spacial score (nSPS) is 14.8. The standard InChI is InChI=1S/C38H36N4.Pt/c1-26-20-21-39-36(22-26)42-32-15-8-7-14-30(32)31-19-18-28(24-35(31)42)38(5,6)27-12-11-13-29(23-27)40-25-41(37(2,3)4)34-17-10-9-16-33(34)40;/h7-22H,25H2,1-6H3;/q-2;+2/i1D3;. The Morgan fingerprint density at radius 2 is 1.51 bits per heavy atom. The molecule has 0 aliphatic carbocycles. The summed E-state index contributed by atoms with van der Waals surface area (Å²) in [5.41, 5.74) is 7.14. The molecule has 43 heavy (non-hydrogen) atoms. The molecular formula is C38H36N4Pt. The van der Waals surface area contributed by atoms with E-state index in [2.05, 4.69) is 122 Å². The van der Waals surface area contributed by atoms with E-state index in [1.807, 2.05) is 22.8 Å². The number of benzene rings is 4. The van der Waals surface area contributed by atoms with Gasteiger partial charge in [-0.25, -0.2) is 4.98 Å². The first-order valence-electron chi connectivity index (χ1n) is 15.9. The van der Waals surface area contributed by atoms with Gasteiger partial charge in [-0.3, -0.25) is 0 Å². The van der Waals surface area contributed by atoms with E-state index >= 15 is 0 Å². The first kappa shape index (κ1) is 25.6. The van der Waals surface area contributed by atoms with Crippen molar-refractivity contribution in [3.63, 3.8) is 0 Å². The van der Waals surface area contributed by atoms with Crippen LogP contribution in [0.5, 0.6) is 0 Å². The van der Waals surface area contributed by atoms with Crippen LogP contribution in [0.2, 0.25) is 0 Å². The van der Waals surface area contributed by atoms with Crippen LogP contribution in [0.3, 0.4) is 0 Å². The Morgan fingerprint density at radius 1 is 0.767 bits per heavy atom. The van der Waals surface area contributed by atoms with Crippen LogP contribution in [0.4, 0.5) is 17.1 Å². The van der Waals surface area contributed by atoms with Crippen molar-refractivity contribution in [3.05, 3.63) is 126 Å². The predicted octanol–water partition coefficient (Wildman–Crippen LogP) is 9.12. The van der Waals surface area contributed by atoms with Gasteiger partial charge >= 0.3 is 21.1 Å². The minimum atomic E-state index is -2.23. The second-order valence-electron chi connectivity index (χ2n) is 12.6. The Bertz CT molecular complexity index is 2070. The topological polar surface area (TPSA) is 24.3 Å². The van der Waals surface area contributed by atoms with Crippen LogP contribution < -0.4 is 9.80 Å². The van der Waals surface area contributed by atoms with Crippen molar-refractivity contribution in [1.29, 1.82) is 0 Å². The average Bonchev–Trinajstić information content (AvgIpc) is 3.57. The third-order valence-corrected chi connectivity index (χ3v) is 8.53. The molecule has 0 amide bonds. The fourth-order valence-electron chi connectivity index (χ4n) is 6.15. The molecule has 0 fully saturated rings. The van der Waals surface area contributed by atoms with Gasteiger partial charge in [0.15, 0.2) is 0 Å². The average molecular weight is 747 g/mol. The quantitative estimate of drug-likeness (QED) is 0.168. The van der Waals surface area contributed by atoms with E-state index in [1.165, 1.54) is 11.4 Å². The number of hydrogen-bond acceptors (Lipinski definition) is 3. The molecule has 0 N–H and O–H groups in total. The fourth-order valence-corrected chi connectivity index (χ4v) is 6.15. The molecule has 0 saturated carbocycles. The second kappa shape index (κ2) is 10.7. The molecule has 2 aromatic heterocycles. The van der Waals surface area contributed by atoms with Crippen LogP contribution in [0, 0.1) is 19.0 Å². The van der Waals surface area contributed by atoms with Crippen LogP contribution in [-0.4, -0.2) is 21.8 Å². The molecule has 0 radical (unpaired) electrons. The molecular weight excluding hydrogens is 708 g/mol. The molecule has 4 nitrogen and oxygen atoms in total. The van der Waals surface area contributed by atoms with Gasteiger partial charge in [0, 0.05) is 21.4 Å². The molecule has 1 aliphatic rings. The van der Waals surface area contributed by atoms with Crippen LogP contribution in [0.25, 0.3) is 27.6 Å². The van der Waals surface area contributed by atoms with E-state index in [4.69, 9.17) is 4.11 Å². The number of fused-ring (bicyclic) bond motifs is 4. The van der Waals surface area contributed by atoms with Crippen molar-refractivity contribution in [2.75, 3.05) is 16.5 Å². The molecule has 0 atom stereocenters. The Kier molecular flexibility index (Phi) is 6.36.